The number of anilines is 2. The van der Waals surface area contributed by atoms with Gasteiger partial charge in [0.15, 0.2) is 5.82 Å². The number of hydrogen-bond acceptors (Lipinski definition) is 5. The van der Waals surface area contributed by atoms with E-state index in [4.69, 9.17) is 23.2 Å². The van der Waals surface area contributed by atoms with E-state index in [1.54, 1.807) is 24.8 Å². The van der Waals surface area contributed by atoms with Crippen LogP contribution in [0.2, 0.25) is 10.0 Å². The van der Waals surface area contributed by atoms with Crippen LogP contribution in [0.5, 0.6) is 0 Å². The fraction of sp³-hybridized carbons (Fsp3) is 0.462. The van der Waals surface area contributed by atoms with Crippen LogP contribution >= 0.6 is 23.2 Å². The molecule has 1 saturated heterocycles. The number of imide groups is 1. The monoisotopic (exact) mass is 330 g/mol. The van der Waals surface area contributed by atoms with Crippen molar-refractivity contribution in [1.82, 2.24) is 10.3 Å². The molecule has 0 radical (unpaired) electrons. The first-order valence-corrected chi connectivity index (χ1v) is 7.24. The summed E-state index contributed by atoms with van der Waals surface area (Å²) in [6.45, 7) is 5.95. The minimum Gasteiger partial charge on any atom is -0.369 e. The molecule has 2 rings (SSSR count). The number of halogens is 2. The van der Waals surface area contributed by atoms with Crippen LogP contribution < -0.4 is 15.5 Å². The minimum atomic E-state index is -0.943. The van der Waals surface area contributed by atoms with Gasteiger partial charge in [-0.3, -0.25) is 14.9 Å². The van der Waals surface area contributed by atoms with Crippen LogP contribution in [0.15, 0.2) is 6.07 Å². The van der Waals surface area contributed by atoms with Gasteiger partial charge in [0.2, 0.25) is 5.91 Å². The Labute approximate surface area is 132 Å². The molecule has 0 atom stereocenters. The molecule has 21 heavy (non-hydrogen) atoms. The van der Waals surface area contributed by atoms with Gasteiger partial charge in [0.1, 0.15) is 11.4 Å². The van der Waals surface area contributed by atoms with Gasteiger partial charge in [-0.2, -0.15) is 0 Å². The number of amides is 2. The van der Waals surface area contributed by atoms with Gasteiger partial charge in [-0.25, -0.2) is 4.98 Å². The molecule has 114 valence electrons. The lowest BCUT2D eigenvalue weighted by atomic mass is 9.98. The molecular weight excluding hydrogens is 315 g/mol. The average molecular weight is 331 g/mol. The Kier molecular flexibility index (Phi) is 4.30. The molecule has 0 aromatic carbocycles. The number of carbonyl (C=O) groups excluding carboxylic acids is 2. The zero-order chi connectivity index (χ0) is 15.8. The van der Waals surface area contributed by atoms with Gasteiger partial charge in [0, 0.05) is 6.54 Å². The van der Waals surface area contributed by atoms with E-state index >= 15 is 0 Å². The Bertz CT molecular complexity index is 604. The predicted molar refractivity (Wildman–Crippen MR) is 83.0 cm³/mol. The van der Waals surface area contributed by atoms with E-state index < -0.39 is 17.4 Å². The Hall–Kier alpha value is -1.53. The Morgan fingerprint density at radius 2 is 2.05 bits per heavy atom. The summed E-state index contributed by atoms with van der Waals surface area (Å²) in [6.07, 6.45) is 0. The van der Waals surface area contributed by atoms with Crippen LogP contribution in [-0.2, 0) is 9.59 Å². The van der Waals surface area contributed by atoms with E-state index in [1.165, 1.54) is 0 Å². The predicted octanol–water partition coefficient (Wildman–Crippen LogP) is 2.06. The molecule has 0 saturated carbocycles. The number of aromatic nitrogens is 1. The summed E-state index contributed by atoms with van der Waals surface area (Å²) < 4.78 is 0. The van der Waals surface area contributed by atoms with Crippen LogP contribution in [0, 0.1) is 0 Å². The zero-order valence-corrected chi connectivity index (χ0v) is 13.5. The quantitative estimate of drug-likeness (QED) is 0.830. The highest BCUT2D eigenvalue weighted by atomic mass is 35.5. The maximum Gasteiger partial charge on any atom is 0.251 e. The number of rotatable bonds is 3. The molecule has 8 heteroatoms. The van der Waals surface area contributed by atoms with Gasteiger partial charge in [-0.1, -0.05) is 23.2 Å². The molecule has 2 N–H and O–H groups in total. The van der Waals surface area contributed by atoms with Crippen LogP contribution in [0.4, 0.5) is 11.6 Å². The smallest absolute Gasteiger partial charge is 0.251 e. The molecule has 0 aliphatic carbocycles. The zero-order valence-electron chi connectivity index (χ0n) is 12.0. The van der Waals surface area contributed by atoms with Gasteiger partial charge in [0.25, 0.3) is 5.91 Å². The third-order valence-electron chi connectivity index (χ3n) is 3.30. The molecule has 6 nitrogen and oxygen atoms in total. The van der Waals surface area contributed by atoms with Crippen molar-refractivity contribution in [1.29, 1.82) is 0 Å². The first-order chi connectivity index (χ1) is 9.77. The van der Waals surface area contributed by atoms with Crippen LogP contribution in [-0.4, -0.2) is 35.4 Å². The Morgan fingerprint density at radius 1 is 1.38 bits per heavy atom. The van der Waals surface area contributed by atoms with E-state index in [2.05, 4.69) is 15.6 Å². The highest BCUT2D eigenvalue weighted by Gasteiger charge is 2.42. The highest BCUT2D eigenvalue weighted by Crippen LogP contribution is 2.35. The summed E-state index contributed by atoms with van der Waals surface area (Å²) in [4.78, 5) is 29.6. The number of nitrogens with zero attached hydrogens (tertiary/aromatic N) is 2. The van der Waals surface area contributed by atoms with E-state index in [0.29, 0.717) is 23.2 Å². The Balaban J connectivity index is 2.51. The second-order valence-corrected chi connectivity index (χ2v) is 5.99. The van der Waals surface area contributed by atoms with Gasteiger partial charge in [0.05, 0.1) is 16.6 Å². The summed E-state index contributed by atoms with van der Waals surface area (Å²) in [5.41, 5.74) is -0.943. The molecule has 1 aliphatic rings. The molecule has 0 unspecified atom stereocenters. The lowest BCUT2D eigenvalue weighted by Gasteiger charge is -2.41. The first-order valence-electron chi connectivity index (χ1n) is 6.49. The summed E-state index contributed by atoms with van der Waals surface area (Å²) in [7, 11) is 0. The van der Waals surface area contributed by atoms with Gasteiger partial charge < -0.3 is 10.2 Å². The molecule has 1 fully saturated rings. The normalized spacial score (nSPS) is 17.7. The third kappa shape index (κ3) is 2.91. The van der Waals surface area contributed by atoms with Crippen molar-refractivity contribution in [3.05, 3.63) is 16.1 Å². The van der Waals surface area contributed by atoms with Crippen molar-refractivity contribution in [2.75, 3.05) is 23.3 Å². The highest BCUT2D eigenvalue weighted by molar-refractivity contribution is 6.37. The van der Waals surface area contributed by atoms with Crippen LogP contribution in [0.1, 0.15) is 20.8 Å². The van der Waals surface area contributed by atoms with Crippen molar-refractivity contribution in [2.45, 2.75) is 26.3 Å². The summed E-state index contributed by atoms with van der Waals surface area (Å²) in [5, 5.41) is 6.00. The Morgan fingerprint density at radius 3 is 2.67 bits per heavy atom. The first kappa shape index (κ1) is 15.9. The molecule has 1 aromatic heterocycles. The summed E-state index contributed by atoms with van der Waals surface area (Å²) >= 11 is 12.3. The second kappa shape index (κ2) is 5.69. The number of nitrogens with one attached hydrogen (secondary N) is 2. The molecule has 0 bridgehead atoms. The number of hydrogen-bond donors (Lipinski definition) is 2. The maximum atomic E-state index is 12.0. The number of pyridine rings is 1. The maximum absolute atomic E-state index is 12.0. The average Bonchev–Trinajstić information content (AvgIpc) is 2.38. The SMILES string of the molecule is CCNc1nc(N2CC(=O)NC(=O)C2(C)C)c(Cl)cc1Cl. The molecule has 1 aromatic rings. The third-order valence-corrected chi connectivity index (χ3v) is 3.86. The standard InChI is InChI=1S/C13H16Cl2N4O2/c1-4-16-10-7(14)5-8(15)11(18-10)19-6-9(20)17-12(21)13(19,2)3/h5H,4,6H2,1-3H3,(H,16,18)(H,17,20,21). The van der Waals surface area contributed by atoms with Crippen molar-refractivity contribution in [3.63, 3.8) is 0 Å². The molecule has 2 heterocycles. The van der Waals surface area contributed by atoms with Crippen molar-refractivity contribution in [2.24, 2.45) is 0 Å². The van der Waals surface area contributed by atoms with Crippen molar-refractivity contribution >= 4 is 46.7 Å². The second-order valence-electron chi connectivity index (χ2n) is 5.18. The van der Waals surface area contributed by atoms with Gasteiger partial charge in [-0.05, 0) is 26.8 Å². The van der Waals surface area contributed by atoms with E-state index in [0.717, 1.165) is 0 Å². The largest absolute Gasteiger partial charge is 0.369 e. The topological polar surface area (TPSA) is 74.3 Å². The van der Waals surface area contributed by atoms with E-state index in [-0.39, 0.29) is 11.6 Å². The van der Waals surface area contributed by atoms with Crippen molar-refractivity contribution in [3.8, 4) is 0 Å². The molecular formula is C13H16Cl2N4O2. The minimum absolute atomic E-state index is 0.00133. The van der Waals surface area contributed by atoms with Gasteiger partial charge >= 0.3 is 0 Å². The number of carbonyl (C=O) groups is 2. The fourth-order valence-corrected chi connectivity index (χ4v) is 2.59. The fourth-order valence-electron chi connectivity index (χ4n) is 2.06. The van der Waals surface area contributed by atoms with E-state index in [1.807, 2.05) is 6.92 Å². The van der Waals surface area contributed by atoms with Crippen molar-refractivity contribution < 1.29 is 9.59 Å². The summed E-state index contributed by atoms with van der Waals surface area (Å²) in [5.74, 6) is 0.0340. The van der Waals surface area contributed by atoms with Gasteiger partial charge in [-0.15, -0.1) is 0 Å². The molecule has 2 amide bonds. The summed E-state index contributed by atoms with van der Waals surface area (Å²) in [6, 6.07) is 1.55. The number of piperazine rings is 1. The lowest BCUT2D eigenvalue weighted by Crippen LogP contribution is -2.64. The lowest BCUT2D eigenvalue weighted by molar-refractivity contribution is -0.135. The molecule has 1 aliphatic heterocycles. The van der Waals surface area contributed by atoms with Crippen LogP contribution in [0.25, 0.3) is 0 Å². The van der Waals surface area contributed by atoms with E-state index in [9.17, 15) is 9.59 Å². The van der Waals surface area contributed by atoms with Crippen LogP contribution in [0.3, 0.4) is 0 Å². The molecule has 0 spiro atoms.